The van der Waals surface area contributed by atoms with Crippen LogP contribution in [0, 0.1) is 5.41 Å². The summed E-state index contributed by atoms with van der Waals surface area (Å²) in [6.45, 7) is 0.265. The van der Waals surface area contributed by atoms with E-state index in [1.807, 2.05) is 0 Å². The van der Waals surface area contributed by atoms with Gasteiger partial charge in [-0.2, -0.15) is 0 Å². The number of aliphatic hydroxyl groups excluding tert-OH is 1. The highest BCUT2D eigenvalue weighted by molar-refractivity contribution is 6.44. The number of likely N-dealkylation sites (tertiary alicyclic amines) is 1. The van der Waals surface area contributed by atoms with Crippen molar-refractivity contribution in [2.45, 2.75) is 25.1 Å². The number of rotatable bonds is 5. The van der Waals surface area contributed by atoms with E-state index in [0.717, 1.165) is 0 Å². The van der Waals surface area contributed by atoms with Gasteiger partial charge in [0.1, 0.15) is 28.9 Å². The maximum absolute atomic E-state index is 11.8. The zero-order chi connectivity index (χ0) is 19.0. The van der Waals surface area contributed by atoms with Gasteiger partial charge >= 0.3 is 13.1 Å². The van der Waals surface area contributed by atoms with Crippen LogP contribution in [-0.2, 0) is 11.2 Å². The number of benzene rings is 1. The molecule has 0 bridgehead atoms. The standard InChI is InChI=1S/C15H18BN3O7/c17-11(13(18)20)14(21)19-5-8(6-19)25-9-2-1-7-3-4-16(24)26-12(7)10(9)15(22)23/h1-2,8,13,17,20,24H,3-6,18H2,(H,22,23)/t13-/m1/s1. The average molecular weight is 363 g/mol. The molecule has 1 fully saturated rings. The quantitative estimate of drug-likeness (QED) is 0.244. The van der Waals surface area contributed by atoms with E-state index >= 15 is 0 Å². The first-order valence-corrected chi connectivity index (χ1v) is 7.99. The summed E-state index contributed by atoms with van der Waals surface area (Å²) >= 11 is 0. The third kappa shape index (κ3) is 3.36. The van der Waals surface area contributed by atoms with Gasteiger partial charge in [0.05, 0.1) is 13.1 Å². The summed E-state index contributed by atoms with van der Waals surface area (Å²) < 4.78 is 10.9. The van der Waals surface area contributed by atoms with E-state index in [-0.39, 0.29) is 30.2 Å². The van der Waals surface area contributed by atoms with Gasteiger partial charge < -0.3 is 35.3 Å². The van der Waals surface area contributed by atoms with Crippen molar-refractivity contribution >= 4 is 24.7 Å². The van der Waals surface area contributed by atoms with Gasteiger partial charge in [0, 0.05) is 0 Å². The molecule has 0 aliphatic carbocycles. The summed E-state index contributed by atoms with van der Waals surface area (Å²) in [5, 5.41) is 35.6. The van der Waals surface area contributed by atoms with Gasteiger partial charge in [-0.25, -0.2) is 4.79 Å². The second-order valence-electron chi connectivity index (χ2n) is 6.15. The van der Waals surface area contributed by atoms with E-state index in [0.29, 0.717) is 18.3 Å². The largest absolute Gasteiger partial charge is 0.535 e. The van der Waals surface area contributed by atoms with E-state index in [2.05, 4.69) is 0 Å². The van der Waals surface area contributed by atoms with Crippen LogP contribution in [0.15, 0.2) is 12.1 Å². The smallest absolute Gasteiger partial charge is 0.522 e. The van der Waals surface area contributed by atoms with Crippen LogP contribution in [0.3, 0.4) is 0 Å². The molecular weight excluding hydrogens is 345 g/mol. The summed E-state index contributed by atoms with van der Waals surface area (Å²) in [5.74, 6) is -1.77. The Morgan fingerprint density at radius 1 is 1.42 bits per heavy atom. The monoisotopic (exact) mass is 363 g/mol. The molecule has 0 unspecified atom stereocenters. The molecule has 6 N–H and O–H groups in total. The number of nitrogens with one attached hydrogen (secondary N) is 1. The van der Waals surface area contributed by atoms with Crippen molar-refractivity contribution in [2.75, 3.05) is 13.1 Å². The molecule has 1 atom stereocenters. The number of amides is 1. The molecule has 0 spiro atoms. The predicted molar refractivity (Wildman–Crippen MR) is 89.4 cm³/mol. The minimum absolute atomic E-state index is 0.0800. The van der Waals surface area contributed by atoms with Gasteiger partial charge in [-0.1, -0.05) is 6.07 Å². The van der Waals surface area contributed by atoms with E-state index in [1.165, 1.54) is 11.0 Å². The topological polar surface area (TPSA) is 166 Å². The normalized spacial score (nSPS) is 17.7. The fourth-order valence-corrected chi connectivity index (χ4v) is 2.87. The highest BCUT2D eigenvalue weighted by Gasteiger charge is 2.37. The van der Waals surface area contributed by atoms with Gasteiger partial charge in [-0.05, 0) is 24.4 Å². The van der Waals surface area contributed by atoms with Crippen LogP contribution in [0.4, 0.5) is 0 Å². The number of carbonyl (C=O) groups excluding carboxylic acids is 1. The summed E-state index contributed by atoms with van der Waals surface area (Å²) in [5.41, 5.74) is 4.98. The molecule has 26 heavy (non-hydrogen) atoms. The van der Waals surface area contributed by atoms with Crippen LogP contribution in [0.25, 0.3) is 0 Å². The molecular formula is C15H18BN3O7. The molecule has 2 aliphatic heterocycles. The predicted octanol–water partition coefficient (Wildman–Crippen LogP) is -1.31. The van der Waals surface area contributed by atoms with Crippen molar-refractivity contribution in [3.8, 4) is 11.5 Å². The van der Waals surface area contributed by atoms with Crippen LogP contribution in [0.5, 0.6) is 11.5 Å². The van der Waals surface area contributed by atoms with Crippen molar-refractivity contribution in [2.24, 2.45) is 5.73 Å². The van der Waals surface area contributed by atoms with Crippen LogP contribution in [0.2, 0.25) is 6.32 Å². The molecule has 11 heteroatoms. The molecule has 2 heterocycles. The van der Waals surface area contributed by atoms with Crippen molar-refractivity contribution in [3.05, 3.63) is 23.3 Å². The number of carboxylic acids is 1. The van der Waals surface area contributed by atoms with Crippen molar-refractivity contribution in [1.29, 1.82) is 5.41 Å². The molecule has 1 saturated heterocycles. The molecule has 10 nitrogen and oxygen atoms in total. The summed E-state index contributed by atoms with van der Waals surface area (Å²) in [7, 11) is -1.07. The Bertz CT molecular complexity index is 764. The molecule has 0 aromatic heterocycles. The van der Waals surface area contributed by atoms with Crippen LogP contribution >= 0.6 is 0 Å². The number of carbonyl (C=O) groups is 2. The minimum Gasteiger partial charge on any atom is -0.535 e. The molecule has 3 rings (SSSR count). The van der Waals surface area contributed by atoms with Crippen molar-refractivity contribution in [3.63, 3.8) is 0 Å². The number of ether oxygens (including phenoxy) is 1. The Morgan fingerprint density at radius 3 is 2.73 bits per heavy atom. The number of nitrogens with zero attached hydrogens (tertiary/aromatic N) is 1. The van der Waals surface area contributed by atoms with E-state index in [9.17, 15) is 19.7 Å². The zero-order valence-corrected chi connectivity index (χ0v) is 13.7. The van der Waals surface area contributed by atoms with Gasteiger partial charge in [0.15, 0.2) is 6.23 Å². The lowest BCUT2D eigenvalue weighted by atomic mass is 9.78. The first kappa shape index (κ1) is 18.2. The number of aliphatic hydroxyl groups is 1. The number of hydrogen-bond acceptors (Lipinski definition) is 8. The first-order valence-electron chi connectivity index (χ1n) is 7.99. The lowest BCUT2D eigenvalue weighted by Crippen LogP contribution is -2.59. The van der Waals surface area contributed by atoms with Gasteiger partial charge in [-0.15, -0.1) is 0 Å². The summed E-state index contributed by atoms with van der Waals surface area (Å²) in [6, 6.07) is 3.21. The van der Waals surface area contributed by atoms with Crippen LogP contribution in [0.1, 0.15) is 15.9 Å². The molecule has 1 aromatic carbocycles. The Kier molecular flexibility index (Phi) is 4.85. The van der Waals surface area contributed by atoms with E-state index in [1.54, 1.807) is 6.07 Å². The summed E-state index contributed by atoms with van der Waals surface area (Å²) in [6.07, 6.45) is -1.24. The molecule has 138 valence electrons. The lowest BCUT2D eigenvalue weighted by molar-refractivity contribution is -0.133. The Hall–Kier alpha value is -2.63. The van der Waals surface area contributed by atoms with Crippen molar-refractivity contribution < 1.29 is 34.2 Å². The maximum atomic E-state index is 11.8. The number of carboxylic acid groups (broad SMARTS) is 1. The van der Waals surface area contributed by atoms with Crippen LogP contribution < -0.4 is 15.1 Å². The third-order valence-corrected chi connectivity index (χ3v) is 4.28. The SMILES string of the molecule is N=C(C(=O)N1CC(Oc2ccc3c(c2C(=O)O)OB(O)CC3)C1)[C@H](N)O. The second-order valence-corrected chi connectivity index (χ2v) is 6.15. The third-order valence-electron chi connectivity index (χ3n) is 4.28. The number of aryl methyl sites for hydroxylation is 1. The number of hydrogen-bond donors (Lipinski definition) is 5. The lowest BCUT2D eigenvalue weighted by Gasteiger charge is -2.39. The minimum atomic E-state index is -1.65. The van der Waals surface area contributed by atoms with Crippen LogP contribution in [-0.4, -0.2) is 70.3 Å². The highest BCUT2D eigenvalue weighted by atomic mass is 16.5. The molecule has 2 aliphatic rings. The number of nitrogens with two attached hydrogens (primary N) is 1. The zero-order valence-electron chi connectivity index (χ0n) is 13.7. The average Bonchev–Trinajstić information content (AvgIpc) is 2.55. The van der Waals surface area contributed by atoms with Gasteiger partial charge in [-0.3, -0.25) is 10.2 Å². The Labute approximate surface area is 148 Å². The number of aromatic carboxylic acids is 1. The Balaban J connectivity index is 1.72. The van der Waals surface area contributed by atoms with E-state index in [4.69, 9.17) is 25.6 Å². The second kappa shape index (κ2) is 6.94. The molecule has 1 amide bonds. The highest BCUT2D eigenvalue weighted by Crippen LogP contribution is 2.37. The fraction of sp³-hybridized carbons (Fsp3) is 0.400. The molecule has 0 saturated carbocycles. The fourth-order valence-electron chi connectivity index (χ4n) is 2.87. The summed E-state index contributed by atoms with van der Waals surface area (Å²) in [4.78, 5) is 24.7. The van der Waals surface area contributed by atoms with Crippen molar-refractivity contribution in [1.82, 2.24) is 4.90 Å². The number of fused-ring (bicyclic) bond motifs is 1. The van der Waals surface area contributed by atoms with Gasteiger partial charge in [0.25, 0.3) is 5.91 Å². The van der Waals surface area contributed by atoms with Gasteiger partial charge in [0.2, 0.25) is 0 Å². The van der Waals surface area contributed by atoms with E-state index < -0.39 is 37.0 Å². The first-order chi connectivity index (χ1) is 12.3. The Morgan fingerprint density at radius 2 is 2.12 bits per heavy atom. The molecule has 1 aromatic rings. The maximum Gasteiger partial charge on any atom is 0.522 e. The molecule has 0 radical (unpaired) electrons.